The van der Waals surface area contributed by atoms with Gasteiger partial charge in [-0.3, -0.25) is 4.90 Å². The predicted molar refractivity (Wildman–Crippen MR) is 75.4 cm³/mol. The first-order chi connectivity index (χ1) is 8.92. The number of amides is 1. The molecule has 0 saturated carbocycles. The van der Waals surface area contributed by atoms with E-state index in [0.29, 0.717) is 6.54 Å². The van der Waals surface area contributed by atoms with E-state index in [4.69, 9.17) is 9.47 Å². The van der Waals surface area contributed by atoms with Crippen molar-refractivity contribution in [2.45, 2.75) is 58.2 Å². The summed E-state index contributed by atoms with van der Waals surface area (Å²) in [6.07, 6.45) is -0.526. The highest BCUT2D eigenvalue weighted by atomic mass is 16.6. The second-order valence-corrected chi connectivity index (χ2v) is 7.14. The molecule has 0 aromatic heterocycles. The monoisotopic (exact) mass is 286 g/mol. The lowest BCUT2D eigenvalue weighted by molar-refractivity contribution is -0.145. The van der Waals surface area contributed by atoms with Crippen LogP contribution in [0.3, 0.4) is 0 Å². The van der Waals surface area contributed by atoms with Crippen molar-refractivity contribution in [2.24, 2.45) is 0 Å². The molecule has 0 aromatic rings. The number of methoxy groups -OCH3 is 1. The van der Waals surface area contributed by atoms with Gasteiger partial charge in [-0.1, -0.05) is 0 Å². The van der Waals surface area contributed by atoms with Crippen molar-refractivity contribution in [3.05, 3.63) is 0 Å². The summed E-state index contributed by atoms with van der Waals surface area (Å²) in [5.74, 6) is -0.330. The van der Waals surface area contributed by atoms with Crippen LogP contribution in [0, 0.1) is 0 Å². The van der Waals surface area contributed by atoms with Crippen LogP contribution in [0.4, 0.5) is 4.79 Å². The van der Waals surface area contributed by atoms with Crippen LogP contribution in [0.15, 0.2) is 0 Å². The molecule has 0 spiro atoms. The van der Waals surface area contributed by atoms with Crippen molar-refractivity contribution in [2.75, 3.05) is 20.2 Å². The summed E-state index contributed by atoms with van der Waals surface area (Å²) in [6, 6.07) is 0. The number of nitrogens with zero attached hydrogens (tertiary/aromatic N) is 1. The lowest BCUT2D eigenvalue weighted by Gasteiger charge is -2.26. The molecule has 0 aliphatic carbocycles. The molecule has 1 amide bonds. The molecule has 1 rings (SSSR count). The Morgan fingerprint density at radius 1 is 1.20 bits per heavy atom. The van der Waals surface area contributed by atoms with Gasteiger partial charge in [-0.25, -0.2) is 9.59 Å². The molecule has 1 aliphatic heterocycles. The van der Waals surface area contributed by atoms with Gasteiger partial charge in [-0.15, -0.1) is 0 Å². The average molecular weight is 286 g/mol. The van der Waals surface area contributed by atoms with Crippen LogP contribution in [0.25, 0.3) is 0 Å². The number of rotatable bonds is 3. The van der Waals surface area contributed by atoms with Gasteiger partial charge >= 0.3 is 12.1 Å². The van der Waals surface area contributed by atoms with Crippen LogP contribution in [0.2, 0.25) is 0 Å². The predicted octanol–water partition coefficient (Wildman–Crippen LogP) is 1.54. The number of hydrogen-bond acceptors (Lipinski definition) is 5. The van der Waals surface area contributed by atoms with Crippen molar-refractivity contribution in [1.29, 1.82) is 0 Å². The Morgan fingerprint density at radius 3 is 2.10 bits per heavy atom. The number of hydrogen-bond donors (Lipinski definition) is 1. The van der Waals surface area contributed by atoms with Crippen LogP contribution >= 0.6 is 0 Å². The maximum absolute atomic E-state index is 12.0. The van der Waals surface area contributed by atoms with Gasteiger partial charge < -0.3 is 14.8 Å². The summed E-state index contributed by atoms with van der Waals surface area (Å²) in [5.41, 5.74) is -1.50. The molecule has 1 N–H and O–H groups in total. The zero-order valence-corrected chi connectivity index (χ0v) is 13.5. The molecule has 2 unspecified atom stereocenters. The Hall–Kier alpha value is -1.30. The normalized spacial score (nSPS) is 25.9. The maximum Gasteiger partial charge on any atom is 0.407 e. The van der Waals surface area contributed by atoms with Gasteiger partial charge in [0.2, 0.25) is 0 Å². The molecular formula is C14H26N2O4. The summed E-state index contributed by atoms with van der Waals surface area (Å²) in [7, 11) is 1.36. The van der Waals surface area contributed by atoms with E-state index in [1.165, 1.54) is 7.11 Å². The zero-order valence-electron chi connectivity index (χ0n) is 13.5. The van der Waals surface area contributed by atoms with Gasteiger partial charge in [0.1, 0.15) is 5.60 Å². The average Bonchev–Trinajstić information content (AvgIpc) is 2.99. The Labute approximate surface area is 120 Å². The summed E-state index contributed by atoms with van der Waals surface area (Å²) in [6.45, 7) is 12.2. The van der Waals surface area contributed by atoms with Crippen LogP contribution in [-0.4, -0.2) is 53.8 Å². The summed E-state index contributed by atoms with van der Waals surface area (Å²) in [4.78, 5) is 25.7. The molecule has 116 valence electrons. The SMILES string of the molecule is COC(=O)C1(CNC(=O)OC(C)(C)C)CN1C(C)(C)C. The summed E-state index contributed by atoms with van der Waals surface area (Å²) in [5, 5.41) is 2.66. The van der Waals surface area contributed by atoms with E-state index in [1.807, 2.05) is 25.7 Å². The summed E-state index contributed by atoms with van der Waals surface area (Å²) < 4.78 is 10.0. The van der Waals surface area contributed by atoms with Crippen molar-refractivity contribution in [3.8, 4) is 0 Å². The van der Waals surface area contributed by atoms with E-state index in [-0.39, 0.29) is 18.1 Å². The van der Waals surface area contributed by atoms with Crippen LogP contribution in [0.5, 0.6) is 0 Å². The van der Waals surface area contributed by atoms with Crippen molar-refractivity contribution in [3.63, 3.8) is 0 Å². The third-order valence-corrected chi connectivity index (χ3v) is 3.13. The highest BCUT2D eigenvalue weighted by Gasteiger charge is 2.63. The molecule has 1 fully saturated rings. The number of ether oxygens (including phenoxy) is 2. The van der Waals surface area contributed by atoms with Gasteiger partial charge in [0.25, 0.3) is 0 Å². The van der Waals surface area contributed by atoms with E-state index in [9.17, 15) is 9.59 Å². The highest BCUT2D eigenvalue weighted by molar-refractivity contribution is 5.86. The maximum atomic E-state index is 12.0. The molecule has 6 heteroatoms. The minimum atomic E-state index is -0.774. The van der Waals surface area contributed by atoms with Crippen LogP contribution in [0.1, 0.15) is 41.5 Å². The van der Waals surface area contributed by atoms with Gasteiger partial charge in [-0.2, -0.15) is 0 Å². The fraction of sp³-hybridized carbons (Fsp3) is 0.857. The van der Waals surface area contributed by atoms with Gasteiger partial charge in [0.05, 0.1) is 13.7 Å². The Kier molecular flexibility index (Phi) is 4.39. The molecule has 0 aromatic carbocycles. The Bertz CT molecular complexity index is 395. The second kappa shape index (κ2) is 5.24. The van der Waals surface area contributed by atoms with E-state index in [1.54, 1.807) is 20.8 Å². The van der Waals surface area contributed by atoms with Gasteiger partial charge in [-0.05, 0) is 41.5 Å². The molecular weight excluding hydrogens is 260 g/mol. The minimum Gasteiger partial charge on any atom is -0.468 e. The first kappa shape index (κ1) is 16.8. The fourth-order valence-electron chi connectivity index (χ4n) is 2.23. The van der Waals surface area contributed by atoms with Gasteiger partial charge in [0, 0.05) is 12.1 Å². The van der Waals surface area contributed by atoms with E-state index in [2.05, 4.69) is 5.32 Å². The third kappa shape index (κ3) is 3.85. The van der Waals surface area contributed by atoms with Gasteiger partial charge in [0.15, 0.2) is 5.54 Å². The molecule has 1 aliphatic rings. The molecule has 1 heterocycles. The topological polar surface area (TPSA) is 67.6 Å². The molecule has 0 bridgehead atoms. The van der Waals surface area contributed by atoms with E-state index < -0.39 is 17.2 Å². The van der Waals surface area contributed by atoms with Crippen molar-refractivity contribution < 1.29 is 19.1 Å². The minimum absolute atomic E-state index is 0.163. The fourth-order valence-corrected chi connectivity index (χ4v) is 2.23. The Balaban J connectivity index is 2.67. The highest BCUT2D eigenvalue weighted by Crippen LogP contribution is 2.40. The number of carbonyl (C=O) groups is 2. The molecule has 2 atom stereocenters. The Morgan fingerprint density at radius 2 is 1.75 bits per heavy atom. The van der Waals surface area contributed by atoms with E-state index in [0.717, 1.165) is 0 Å². The number of carbonyl (C=O) groups excluding carboxylic acids is 2. The van der Waals surface area contributed by atoms with E-state index >= 15 is 0 Å². The first-order valence-corrected chi connectivity index (χ1v) is 6.75. The largest absolute Gasteiger partial charge is 0.468 e. The number of esters is 1. The number of nitrogens with one attached hydrogen (secondary N) is 1. The second-order valence-electron chi connectivity index (χ2n) is 7.14. The smallest absolute Gasteiger partial charge is 0.407 e. The molecule has 20 heavy (non-hydrogen) atoms. The number of alkyl carbamates (subject to hydrolysis) is 1. The molecule has 6 nitrogen and oxygen atoms in total. The first-order valence-electron chi connectivity index (χ1n) is 6.75. The van der Waals surface area contributed by atoms with Crippen molar-refractivity contribution in [1.82, 2.24) is 10.2 Å². The zero-order chi connectivity index (χ0) is 15.8. The quantitative estimate of drug-likeness (QED) is 0.629. The molecule has 1 saturated heterocycles. The van der Waals surface area contributed by atoms with Crippen molar-refractivity contribution >= 4 is 12.1 Å². The van der Waals surface area contributed by atoms with Crippen LogP contribution < -0.4 is 5.32 Å². The third-order valence-electron chi connectivity index (χ3n) is 3.13. The standard InChI is InChI=1S/C14H26N2O4/c1-12(2,3)16-9-14(16,10(17)19-7)8-15-11(18)20-13(4,5)6/h8-9H2,1-7H3,(H,15,18). The van der Waals surface area contributed by atoms with Crippen LogP contribution in [-0.2, 0) is 14.3 Å². The molecule has 0 radical (unpaired) electrons. The summed E-state index contributed by atoms with van der Waals surface area (Å²) >= 11 is 0. The lowest BCUT2D eigenvalue weighted by Crippen LogP contribution is -2.47. The lowest BCUT2D eigenvalue weighted by atomic mass is 10.1.